The van der Waals surface area contributed by atoms with E-state index < -0.39 is 0 Å². The Morgan fingerprint density at radius 3 is 2.85 bits per heavy atom. The van der Waals surface area contributed by atoms with Crippen LogP contribution in [-0.4, -0.2) is 37.0 Å². The number of nitriles is 1. The summed E-state index contributed by atoms with van der Waals surface area (Å²) >= 11 is 0. The third-order valence-electron chi connectivity index (χ3n) is 1.73. The van der Waals surface area contributed by atoms with Gasteiger partial charge in [0.1, 0.15) is 0 Å². The molecule has 1 unspecified atom stereocenters. The maximum absolute atomic E-state index is 11.3. The monoisotopic (exact) mass is 179 g/mol. The van der Waals surface area contributed by atoms with Crippen LogP contribution in [0.4, 0.5) is 0 Å². The van der Waals surface area contributed by atoms with Crippen molar-refractivity contribution in [2.45, 2.75) is 13.0 Å². The number of carbonyl (C=O) groups excluding carboxylic acids is 1. The van der Waals surface area contributed by atoms with Gasteiger partial charge in [0, 0.05) is 0 Å². The van der Waals surface area contributed by atoms with Crippen molar-refractivity contribution in [1.82, 2.24) is 10.2 Å². The summed E-state index contributed by atoms with van der Waals surface area (Å²) in [6.07, 6.45) is 4.98. The van der Waals surface area contributed by atoms with Gasteiger partial charge >= 0.3 is 0 Å². The van der Waals surface area contributed by atoms with Gasteiger partial charge in [-0.1, -0.05) is 5.92 Å². The number of hydrogen-bond acceptors (Lipinski definition) is 3. The second-order valence-corrected chi connectivity index (χ2v) is 2.67. The fourth-order valence-electron chi connectivity index (χ4n) is 0.734. The lowest BCUT2D eigenvalue weighted by molar-refractivity contribution is -0.124. The highest BCUT2D eigenvalue weighted by molar-refractivity contribution is 5.81. The normalized spacial score (nSPS) is 11.5. The Bertz CT molecular complexity index is 249. The molecule has 0 saturated carbocycles. The highest BCUT2D eigenvalue weighted by Gasteiger charge is 2.16. The van der Waals surface area contributed by atoms with Crippen molar-refractivity contribution in [1.29, 1.82) is 5.26 Å². The first kappa shape index (κ1) is 11.5. The number of likely N-dealkylation sites (N-methyl/N-ethyl adjacent to an activating group) is 1. The van der Waals surface area contributed by atoms with Gasteiger partial charge < -0.3 is 5.32 Å². The van der Waals surface area contributed by atoms with E-state index in [0.29, 0.717) is 0 Å². The van der Waals surface area contributed by atoms with Crippen molar-refractivity contribution < 1.29 is 4.79 Å². The largest absolute Gasteiger partial charge is 0.344 e. The summed E-state index contributed by atoms with van der Waals surface area (Å²) in [4.78, 5) is 12.9. The molecule has 0 aromatic heterocycles. The molecule has 1 atom stereocenters. The van der Waals surface area contributed by atoms with E-state index in [4.69, 9.17) is 11.7 Å². The summed E-state index contributed by atoms with van der Waals surface area (Å²) in [5.41, 5.74) is 0. The molecule has 4 nitrogen and oxygen atoms in total. The average molecular weight is 179 g/mol. The van der Waals surface area contributed by atoms with Gasteiger partial charge in [0.2, 0.25) is 5.91 Å². The van der Waals surface area contributed by atoms with Crippen LogP contribution in [0.2, 0.25) is 0 Å². The first-order valence-corrected chi connectivity index (χ1v) is 3.91. The summed E-state index contributed by atoms with van der Waals surface area (Å²) in [5, 5.41) is 10.9. The molecule has 1 N–H and O–H groups in total. The van der Waals surface area contributed by atoms with Gasteiger partial charge in [-0.2, -0.15) is 5.26 Å². The molecule has 0 aromatic carbocycles. The van der Waals surface area contributed by atoms with E-state index in [1.54, 1.807) is 18.9 Å². The zero-order chi connectivity index (χ0) is 10.3. The number of amides is 1. The minimum atomic E-state index is -0.326. The third kappa shape index (κ3) is 4.15. The lowest BCUT2D eigenvalue weighted by Crippen LogP contribution is -2.43. The van der Waals surface area contributed by atoms with Gasteiger partial charge in [-0.05, 0) is 14.0 Å². The Balaban J connectivity index is 3.96. The van der Waals surface area contributed by atoms with Crippen molar-refractivity contribution in [3.8, 4) is 18.4 Å². The molecule has 0 aromatic rings. The molecule has 0 spiro atoms. The van der Waals surface area contributed by atoms with E-state index >= 15 is 0 Å². The summed E-state index contributed by atoms with van der Waals surface area (Å²) in [6.45, 7) is 2.18. The van der Waals surface area contributed by atoms with E-state index in [2.05, 4.69) is 11.2 Å². The predicted octanol–water partition coefficient (Wildman–Crippen LogP) is -0.420. The second-order valence-electron chi connectivity index (χ2n) is 2.67. The smallest absolute Gasteiger partial charge is 0.237 e. The van der Waals surface area contributed by atoms with Crippen molar-refractivity contribution in [2.24, 2.45) is 0 Å². The zero-order valence-electron chi connectivity index (χ0n) is 7.87. The minimum absolute atomic E-state index is 0.157. The van der Waals surface area contributed by atoms with E-state index in [0.717, 1.165) is 0 Å². The Morgan fingerprint density at radius 2 is 2.38 bits per heavy atom. The molecule has 4 heteroatoms. The number of hydrogen-bond donors (Lipinski definition) is 1. The van der Waals surface area contributed by atoms with Crippen LogP contribution in [0.25, 0.3) is 0 Å². The van der Waals surface area contributed by atoms with Crippen LogP contribution in [0.5, 0.6) is 0 Å². The number of carbonyl (C=O) groups is 1. The topological polar surface area (TPSA) is 56.1 Å². The van der Waals surface area contributed by atoms with Gasteiger partial charge in [0.05, 0.1) is 25.2 Å². The highest BCUT2D eigenvalue weighted by Crippen LogP contribution is 1.93. The molecule has 0 aliphatic heterocycles. The van der Waals surface area contributed by atoms with Crippen LogP contribution in [0, 0.1) is 23.7 Å². The molecule has 0 saturated heterocycles. The fraction of sp³-hybridized carbons (Fsp3) is 0.556. The van der Waals surface area contributed by atoms with Gasteiger partial charge in [-0.15, -0.1) is 6.42 Å². The first-order valence-electron chi connectivity index (χ1n) is 3.91. The maximum atomic E-state index is 11.3. The summed E-state index contributed by atoms with van der Waals surface area (Å²) < 4.78 is 0. The molecule has 0 radical (unpaired) electrons. The van der Waals surface area contributed by atoms with E-state index in [1.807, 2.05) is 6.07 Å². The predicted molar refractivity (Wildman–Crippen MR) is 49.5 cm³/mol. The SMILES string of the molecule is C#CCNC(=O)C(C)N(C)CC#N. The molecule has 0 aliphatic rings. The zero-order valence-corrected chi connectivity index (χ0v) is 7.87. The van der Waals surface area contributed by atoms with Crippen molar-refractivity contribution in [3.05, 3.63) is 0 Å². The molecule has 70 valence electrons. The Hall–Kier alpha value is -1.52. The van der Waals surface area contributed by atoms with Crippen LogP contribution >= 0.6 is 0 Å². The fourth-order valence-corrected chi connectivity index (χ4v) is 0.734. The van der Waals surface area contributed by atoms with Crippen LogP contribution in [0.15, 0.2) is 0 Å². The van der Waals surface area contributed by atoms with Crippen LogP contribution in [-0.2, 0) is 4.79 Å². The number of nitrogens with one attached hydrogen (secondary N) is 1. The standard InChI is InChI=1S/C9H13N3O/c1-4-6-11-9(13)8(2)12(3)7-5-10/h1,8H,6-7H2,2-3H3,(H,11,13). The minimum Gasteiger partial charge on any atom is -0.344 e. The van der Waals surface area contributed by atoms with Gasteiger partial charge in [0.15, 0.2) is 0 Å². The maximum Gasteiger partial charge on any atom is 0.237 e. The second kappa shape index (κ2) is 6.05. The highest BCUT2D eigenvalue weighted by atomic mass is 16.2. The van der Waals surface area contributed by atoms with E-state index in [-0.39, 0.29) is 25.0 Å². The summed E-state index contributed by atoms with van der Waals surface area (Å²) in [7, 11) is 1.71. The number of rotatable bonds is 4. The number of nitrogens with zero attached hydrogens (tertiary/aromatic N) is 2. The summed E-state index contributed by atoms with van der Waals surface area (Å²) in [5.74, 6) is 2.15. The third-order valence-corrected chi connectivity index (χ3v) is 1.73. The van der Waals surface area contributed by atoms with Gasteiger partial charge in [-0.25, -0.2) is 0 Å². The molecule has 0 heterocycles. The lowest BCUT2D eigenvalue weighted by atomic mass is 10.3. The van der Waals surface area contributed by atoms with Crippen LogP contribution < -0.4 is 5.32 Å². The quantitative estimate of drug-likeness (QED) is 0.471. The molecular weight excluding hydrogens is 166 g/mol. The van der Waals surface area contributed by atoms with Gasteiger partial charge in [-0.3, -0.25) is 9.69 Å². The van der Waals surface area contributed by atoms with Crippen molar-refractivity contribution in [2.75, 3.05) is 20.1 Å². The number of terminal acetylenes is 1. The Labute approximate surface area is 78.5 Å². The molecule has 0 aliphatic carbocycles. The van der Waals surface area contributed by atoms with Crippen LogP contribution in [0.3, 0.4) is 0 Å². The van der Waals surface area contributed by atoms with Crippen molar-refractivity contribution >= 4 is 5.91 Å². The lowest BCUT2D eigenvalue weighted by Gasteiger charge is -2.20. The van der Waals surface area contributed by atoms with Gasteiger partial charge in [0.25, 0.3) is 0 Å². The summed E-state index contributed by atoms with van der Waals surface area (Å²) in [6, 6.07) is 1.64. The first-order chi connectivity index (χ1) is 6.13. The van der Waals surface area contributed by atoms with E-state index in [1.165, 1.54) is 0 Å². The molecule has 13 heavy (non-hydrogen) atoms. The molecule has 0 bridgehead atoms. The molecular formula is C9H13N3O. The average Bonchev–Trinajstić information content (AvgIpc) is 2.13. The molecule has 0 rings (SSSR count). The Morgan fingerprint density at radius 1 is 1.77 bits per heavy atom. The molecule has 0 fully saturated rings. The Kier molecular flexibility index (Phi) is 5.34. The van der Waals surface area contributed by atoms with Crippen LogP contribution in [0.1, 0.15) is 6.92 Å². The van der Waals surface area contributed by atoms with E-state index in [9.17, 15) is 4.79 Å². The molecule has 1 amide bonds. The van der Waals surface area contributed by atoms with Crippen molar-refractivity contribution in [3.63, 3.8) is 0 Å².